The zero-order valence-electron chi connectivity index (χ0n) is 9.19. The second kappa shape index (κ2) is 5.44. The second-order valence-electron chi connectivity index (χ2n) is 3.18. The van der Waals surface area contributed by atoms with E-state index in [4.69, 9.17) is 14.3 Å². The van der Waals surface area contributed by atoms with Crippen LogP contribution in [0.2, 0.25) is 0 Å². The van der Waals surface area contributed by atoms with E-state index in [9.17, 15) is 8.42 Å². The molecule has 0 aromatic carbocycles. The van der Waals surface area contributed by atoms with Crippen LogP contribution in [0.25, 0.3) is 0 Å². The Kier molecular flexibility index (Phi) is 4.48. The Hall–Kier alpha value is -0.890. The van der Waals surface area contributed by atoms with Crippen LogP contribution >= 0.6 is 0 Å². The van der Waals surface area contributed by atoms with E-state index in [-0.39, 0.29) is 29.6 Å². The van der Waals surface area contributed by atoms with Crippen molar-refractivity contribution in [3.63, 3.8) is 0 Å². The van der Waals surface area contributed by atoms with Gasteiger partial charge in [-0.05, 0) is 6.92 Å². The van der Waals surface area contributed by atoms with Crippen LogP contribution in [-0.4, -0.2) is 33.8 Å². The largest absolute Gasteiger partial charge is 0.462 e. The fraction of sp³-hybridized carbons (Fsp3) is 0.556. The van der Waals surface area contributed by atoms with Gasteiger partial charge in [-0.2, -0.15) is 0 Å². The smallest absolute Gasteiger partial charge is 0.244 e. The predicted octanol–water partition coefficient (Wildman–Crippen LogP) is 0.00502. The minimum absolute atomic E-state index is 0.0488. The molecule has 1 heterocycles. The summed E-state index contributed by atoms with van der Waals surface area (Å²) in [6.45, 7) is 1.69. The molecular formula is C9H15NO5S. The number of hydrogen-bond acceptors (Lipinski definition) is 5. The first-order valence-electron chi connectivity index (χ1n) is 4.70. The van der Waals surface area contributed by atoms with Crippen LogP contribution in [0.15, 0.2) is 15.4 Å². The Labute approximate surface area is 94.3 Å². The maximum absolute atomic E-state index is 11.7. The van der Waals surface area contributed by atoms with Gasteiger partial charge in [-0.15, -0.1) is 0 Å². The van der Waals surface area contributed by atoms with Crippen LogP contribution < -0.4 is 4.72 Å². The van der Waals surface area contributed by atoms with Crippen molar-refractivity contribution in [2.24, 2.45) is 0 Å². The summed E-state index contributed by atoms with van der Waals surface area (Å²) in [5, 5.41) is 8.83. The van der Waals surface area contributed by atoms with E-state index in [2.05, 4.69) is 4.72 Å². The second-order valence-corrected chi connectivity index (χ2v) is 4.92. The number of aliphatic hydroxyl groups excluding tert-OH is 1. The molecule has 0 bridgehead atoms. The van der Waals surface area contributed by atoms with Gasteiger partial charge in [0, 0.05) is 19.7 Å². The fourth-order valence-electron chi connectivity index (χ4n) is 1.22. The fourth-order valence-corrected chi connectivity index (χ4v) is 2.44. The van der Waals surface area contributed by atoms with Gasteiger partial charge in [0.2, 0.25) is 10.0 Å². The molecule has 92 valence electrons. The van der Waals surface area contributed by atoms with Crippen LogP contribution in [0.5, 0.6) is 0 Å². The van der Waals surface area contributed by atoms with Crippen molar-refractivity contribution in [1.29, 1.82) is 0 Å². The molecule has 0 aliphatic carbocycles. The van der Waals surface area contributed by atoms with Gasteiger partial charge in [-0.3, -0.25) is 0 Å². The Balaban J connectivity index is 2.85. The SMILES string of the molecule is COCCNS(=O)(=O)c1cc(CO)oc1C. The molecule has 1 aromatic heterocycles. The van der Waals surface area contributed by atoms with Gasteiger partial charge in [0.15, 0.2) is 0 Å². The molecule has 0 spiro atoms. The number of aliphatic hydroxyl groups is 1. The number of sulfonamides is 1. The Morgan fingerprint density at radius 2 is 2.25 bits per heavy atom. The summed E-state index contributed by atoms with van der Waals surface area (Å²) >= 11 is 0. The Morgan fingerprint density at radius 3 is 2.75 bits per heavy atom. The van der Waals surface area contributed by atoms with Gasteiger partial charge < -0.3 is 14.3 Å². The third-order valence-electron chi connectivity index (χ3n) is 1.97. The van der Waals surface area contributed by atoms with Crippen molar-refractivity contribution in [2.45, 2.75) is 18.4 Å². The Morgan fingerprint density at radius 1 is 1.56 bits per heavy atom. The number of methoxy groups -OCH3 is 1. The lowest BCUT2D eigenvalue weighted by Gasteiger charge is -2.04. The average Bonchev–Trinajstić information content (AvgIpc) is 2.60. The van der Waals surface area contributed by atoms with Crippen molar-refractivity contribution >= 4 is 10.0 Å². The van der Waals surface area contributed by atoms with Crippen LogP contribution in [0.1, 0.15) is 11.5 Å². The van der Waals surface area contributed by atoms with E-state index in [0.717, 1.165) is 0 Å². The van der Waals surface area contributed by atoms with Crippen molar-refractivity contribution < 1.29 is 22.7 Å². The van der Waals surface area contributed by atoms with E-state index < -0.39 is 10.0 Å². The summed E-state index contributed by atoms with van der Waals surface area (Å²) in [6.07, 6.45) is 0. The predicted molar refractivity (Wildman–Crippen MR) is 56.4 cm³/mol. The minimum Gasteiger partial charge on any atom is -0.462 e. The lowest BCUT2D eigenvalue weighted by Crippen LogP contribution is -2.27. The van der Waals surface area contributed by atoms with Crippen LogP contribution in [0.4, 0.5) is 0 Å². The first-order chi connectivity index (χ1) is 7.51. The number of ether oxygens (including phenoxy) is 1. The van der Waals surface area contributed by atoms with Crippen molar-refractivity contribution in [3.8, 4) is 0 Å². The first kappa shape index (κ1) is 13.2. The molecule has 2 N–H and O–H groups in total. The van der Waals surface area contributed by atoms with Crippen LogP contribution in [0.3, 0.4) is 0 Å². The molecule has 0 amide bonds. The lowest BCUT2D eigenvalue weighted by molar-refractivity contribution is 0.204. The quantitative estimate of drug-likeness (QED) is 0.693. The highest BCUT2D eigenvalue weighted by molar-refractivity contribution is 7.89. The first-order valence-corrected chi connectivity index (χ1v) is 6.18. The summed E-state index contributed by atoms with van der Waals surface area (Å²) in [5.74, 6) is 0.485. The zero-order valence-corrected chi connectivity index (χ0v) is 10.0. The number of furan rings is 1. The van der Waals surface area contributed by atoms with Crippen LogP contribution in [-0.2, 0) is 21.4 Å². The summed E-state index contributed by atoms with van der Waals surface area (Å²) in [4.78, 5) is 0.0488. The zero-order chi connectivity index (χ0) is 12.2. The molecule has 0 aliphatic heterocycles. The van der Waals surface area contributed by atoms with E-state index >= 15 is 0 Å². The summed E-state index contributed by atoms with van der Waals surface area (Å²) in [7, 11) is -2.10. The highest BCUT2D eigenvalue weighted by Crippen LogP contribution is 2.19. The van der Waals surface area contributed by atoms with Gasteiger partial charge in [0.1, 0.15) is 23.0 Å². The van der Waals surface area contributed by atoms with Crippen molar-refractivity contribution in [2.75, 3.05) is 20.3 Å². The van der Waals surface area contributed by atoms with Crippen LogP contribution in [0, 0.1) is 6.92 Å². The molecule has 7 heteroatoms. The molecule has 1 rings (SSSR count). The van der Waals surface area contributed by atoms with E-state index in [1.807, 2.05) is 0 Å². The van der Waals surface area contributed by atoms with Crippen molar-refractivity contribution in [3.05, 3.63) is 17.6 Å². The van der Waals surface area contributed by atoms with Gasteiger partial charge in [-0.1, -0.05) is 0 Å². The number of aryl methyl sites for hydroxylation is 1. The van der Waals surface area contributed by atoms with Gasteiger partial charge in [-0.25, -0.2) is 13.1 Å². The van der Waals surface area contributed by atoms with E-state index in [1.54, 1.807) is 0 Å². The van der Waals surface area contributed by atoms with E-state index in [1.165, 1.54) is 20.1 Å². The number of nitrogens with one attached hydrogen (secondary N) is 1. The molecule has 0 unspecified atom stereocenters. The highest BCUT2D eigenvalue weighted by Gasteiger charge is 2.20. The molecule has 0 fully saturated rings. The molecule has 0 radical (unpaired) electrons. The number of rotatable bonds is 6. The molecule has 0 atom stereocenters. The van der Waals surface area contributed by atoms with E-state index in [0.29, 0.717) is 6.61 Å². The summed E-state index contributed by atoms with van der Waals surface area (Å²) in [5.41, 5.74) is 0. The molecule has 16 heavy (non-hydrogen) atoms. The lowest BCUT2D eigenvalue weighted by atomic mass is 10.4. The summed E-state index contributed by atoms with van der Waals surface area (Å²) < 4.78 is 35.7. The van der Waals surface area contributed by atoms with Gasteiger partial charge in [0.05, 0.1) is 6.61 Å². The minimum atomic E-state index is -3.59. The molecule has 0 aliphatic rings. The number of hydrogen-bond donors (Lipinski definition) is 2. The van der Waals surface area contributed by atoms with Gasteiger partial charge in [0.25, 0.3) is 0 Å². The molecule has 0 saturated heterocycles. The van der Waals surface area contributed by atoms with Crippen molar-refractivity contribution in [1.82, 2.24) is 4.72 Å². The molecule has 1 aromatic rings. The molecule has 0 saturated carbocycles. The molecular weight excluding hydrogens is 234 g/mol. The monoisotopic (exact) mass is 249 g/mol. The topological polar surface area (TPSA) is 88.8 Å². The van der Waals surface area contributed by atoms with Gasteiger partial charge >= 0.3 is 0 Å². The Bertz CT molecular complexity index is 437. The maximum atomic E-state index is 11.7. The third kappa shape index (κ3) is 3.05. The third-order valence-corrected chi connectivity index (χ3v) is 3.54. The highest BCUT2D eigenvalue weighted by atomic mass is 32.2. The molecule has 6 nitrogen and oxygen atoms in total. The maximum Gasteiger partial charge on any atom is 0.244 e. The normalized spacial score (nSPS) is 11.9. The standard InChI is InChI=1S/C9H15NO5S/c1-7-9(5-8(6-11)15-7)16(12,13)10-3-4-14-2/h5,10-11H,3-4,6H2,1-2H3. The average molecular weight is 249 g/mol. The summed E-state index contributed by atoms with van der Waals surface area (Å²) in [6, 6.07) is 1.31.